The van der Waals surface area contributed by atoms with Gasteiger partial charge in [-0.3, -0.25) is 0 Å². The van der Waals surface area contributed by atoms with Gasteiger partial charge in [0.25, 0.3) is 0 Å². The number of aliphatic hydroxyl groups is 2. The topological polar surface area (TPSA) is 40.5 Å². The Morgan fingerprint density at radius 2 is 1.57 bits per heavy atom. The predicted octanol–water partition coefficient (Wildman–Crippen LogP) is 3.14. The Labute approximate surface area is 130 Å². The molecule has 0 radical (unpaired) electrons. The smallest absolute Gasteiger partial charge is 0.383 e. The van der Waals surface area contributed by atoms with E-state index < -0.39 is 29.2 Å². The lowest BCUT2D eigenvalue weighted by Gasteiger charge is -2.49. The van der Waals surface area contributed by atoms with Gasteiger partial charge in [0.2, 0.25) is 5.60 Å². The molecule has 0 aromatic heterocycles. The fourth-order valence-corrected chi connectivity index (χ4v) is 6.01. The first-order chi connectivity index (χ1) is 10.4. The summed E-state index contributed by atoms with van der Waals surface area (Å²) < 4.78 is 68.3. The SMILES string of the molecule is CC(O)(C(F)(F)F)C(F)(F)C1(O)CC2CC1C1C3C=CC(C3)C21. The van der Waals surface area contributed by atoms with E-state index in [0.717, 1.165) is 6.42 Å². The van der Waals surface area contributed by atoms with Crippen molar-refractivity contribution in [3.8, 4) is 0 Å². The van der Waals surface area contributed by atoms with Crippen LogP contribution in [0.1, 0.15) is 26.2 Å². The number of hydrogen-bond donors (Lipinski definition) is 2. The normalized spacial score (nSPS) is 50.4. The fourth-order valence-electron chi connectivity index (χ4n) is 6.01. The second-order valence-electron chi connectivity index (χ2n) is 7.98. The van der Waals surface area contributed by atoms with Crippen LogP contribution in [0.25, 0.3) is 0 Å². The molecule has 23 heavy (non-hydrogen) atoms. The molecular formula is C16H19F5O2. The first kappa shape index (κ1) is 15.8. The Hall–Kier alpha value is -0.690. The average molecular weight is 338 g/mol. The molecule has 4 bridgehead atoms. The number of rotatable bonds is 2. The van der Waals surface area contributed by atoms with Crippen LogP contribution in [-0.2, 0) is 0 Å². The molecule has 0 amide bonds. The number of fused-ring (bicyclic) bond motifs is 9. The Kier molecular flexibility index (Phi) is 2.82. The van der Waals surface area contributed by atoms with Gasteiger partial charge in [0, 0.05) is 0 Å². The monoisotopic (exact) mass is 338 g/mol. The quantitative estimate of drug-likeness (QED) is 0.461. The van der Waals surface area contributed by atoms with Gasteiger partial charge in [-0.25, -0.2) is 0 Å². The van der Waals surface area contributed by atoms with Gasteiger partial charge >= 0.3 is 12.1 Å². The van der Waals surface area contributed by atoms with Crippen molar-refractivity contribution in [1.82, 2.24) is 0 Å². The van der Waals surface area contributed by atoms with E-state index in [1.807, 2.05) is 6.08 Å². The van der Waals surface area contributed by atoms with Gasteiger partial charge in [-0.05, 0) is 61.7 Å². The van der Waals surface area contributed by atoms with Gasteiger partial charge in [-0.1, -0.05) is 12.2 Å². The lowest BCUT2D eigenvalue weighted by atomic mass is 9.63. The van der Waals surface area contributed by atoms with Gasteiger partial charge in [-0.15, -0.1) is 0 Å². The Morgan fingerprint density at radius 3 is 2.13 bits per heavy atom. The van der Waals surface area contributed by atoms with Crippen molar-refractivity contribution in [1.29, 1.82) is 0 Å². The molecule has 4 aliphatic rings. The van der Waals surface area contributed by atoms with Gasteiger partial charge in [0.15, 0.2) is 0 Å². The molecule has 0 saturated heterocycles. The van der Waals surface area contributed by atoms with Gasteiger partial charge in [0.05, 0.1) is 0 Å². The summed E-state index contributed by atoms with van der Waals surface area (Å²) in [4.78, 5) is 0. The van der Waals surface area contributed by atoms with Crippen LogP contribution in [0.3, 0.4) is 0 Å². The summed E-state index contributed by atoms with van der Waals surface area (Å²) in [6.07, 6.45) is -0.677. The second kappa shape index (κ2) is 4.10. The zero-order valence-electron chi connectivity index (χ0n) is 12.5. The molecule has 4 rings (SSSR count). The predicted molar refractivity (Wildman–Crippen MR) is 70.5 cm³/mol. The number of halogens is 5. The molecule has 0 aliphatic heterocycles. The third-order valence-electron chi connectivity index (χ3n) is 7.04. The van der Waals surface area contributed by atoms with E-state index in [0.29, 0.717) is 12.3 Å². The molecule has 0 heterocycles. The molecule has 3 fully saturated rings. The average Bonchev–Trinajstić information content (AvgIpc) is 3.14. The highest BCUT2D eigenvalue weighted by atomic mass is 19.4. The van der Waals surface area contributed by atoms with Crippen molar-refractivity contribution >= 4 is 0 Å². The highest BCUT2D eigenvalue weighted by Crippen LogP contribution is 2.71. The molecule has 7 heteroatoms. The van der Waals surface area contributed by atoms with Crippen LogP contribution in [0.2, 0.25) is 0 Å². The van der Waals surface area contributed by atoms with Crippen LogP contribution in [0, 0.1) is 35.5 Å². The zero-order valence-corrected chi connectivity index (χ0v) is 12.5. The van der Waals surface area contributed by atoms with Gasteiger partial charge in [-0.2, -0.15) is 22.0 Å². The molecule has 0 spiro atoms. The Bertz CT molecular complexity index is 569. The molecule has 130 valence electrons. The van der Waals surface area contributed by atoms with E-state index in [2.05, 4.69) is 6.08 Å². The number of allylic oxidation sites excluding steroid dienone is 2. The molecule has 4 aliphatic carbocycles. The maximum absolute atomic E-state index is 14.7. The minimum absolute atomic E-state index is 0.0646. The van der Waals surface area contributed by atoms with Crippen LogP contribution in [0.5, 0.6) is 0 Å². The lowest BCUT2D eigenvalue weighted by Crippen LogP contribution is -2.69. The van der Waals surface area contributed by atoms with Crippen LogP contribution in [-0.4, -0.2) is 33.5 Å². The third-order valence-corrected chi connectivity index (χ3v) is 7.04. The van der Waals surface area contributed by atoms with Gasteiger partial charge in [0.1, 0.15) is 5.60 Å². The summed E-state index contributed by atoms with van der Waals surface area (Å²) >= 11 is 0. The zero-order chi connectivity index (χ0) is 17.0. The third kappa shape index (κ3) is 1.61. The van der Waals surface area contributed by atoms with Crippen molar-refractivity contribution in [2.24, 2.45) is 35.5 Å². The first-order valence-corrected chi connectivity index (χ1v) is 7.99. The summed E-state index contributed by atoms with van der Waals surface area (Å²) in [5.41, 5.74) is -7.04. The van der Waals surface area contributed by atoms with E-state index in [-0.39, 0.29) is 37.0 Å². The lowest BCUT2D eigenvalue weighted by molar-refractivity contribution is -0.370. The number of alkyl halides is 5. The molecule has 0 aromatic rings. The summed E-state index contributed by atoms with van der Waals surface area (Å²) in [6, 6.07) is 0. The Balaban J connectivity index is 1.72. The first-order valence-electron chi connectivity index (χ1n) is 7.99. The largest absolute Gasteiger partial charge is 0.423 e. The molecule has 0 aromatic carbocycles. The van der Waals surface area contributed by atoms with Crippen LogP contribution < -0.4 is 0 Å². The van der Waals surface area contributed by atoms with E-state index in [1.54, 1.807) is 0 Å². The van der Waals surface area contributed by atoms with E-state index >= 15 is 0 Å². The highest BCUT2D eigenvalue weighted by molar-refractivity contribution is 5.26. The van der Waals surface area contributed by atoms with Crippen LogP contribution in [0.15, 0.2) is 12.2 Å². The minimum atomic E-state index is -5.51. The summed E-state index contributed by atoms with van der Waals surface area (Å²) in [6.45, 7) is 0.0646. The fraction of sp³-hybridized carbons (Fsp3) is 0.875. The molecule has 8 atom stereocenters. The second-order valence-corrected chi connectivity index (χ2v) is 7.98. The van der Waals surface area contributed by atoms with Crippen molar-refractivity contribution < 1.29 is 32.2 Å². The number of hydrogen-bond acceptors (Lipinski definition) is 2. The van der Waals surface area contributed by atoms with Gasteiger partial charge < -0.3 is 10.2 Å². The molecular weight excluding hydrogens is 319 g/mol. The molecule has 8 unspecified atom stereocenters. The van der Waals surface area contributed by atoms with E-state index in [1.165, 1.54) is 0 Å². The van der Waals surface area contributed by atoms with E-state index in [9.17, 15) is 32.2 Å². The summed E-state index contributed by atoms with van der Waals surface area (Å²) in [7, 11) is 0. The van der Waals surface area contributed by atoms with Crippen molar-refractivity contribution in [2.45, 2.75) is 49.5 Å². The molecule has 2 nitrogen and oxygen atoms in total. The van der Waals surface area contributed by atoms with Crippen molar-refractivity contribution in [3.05, 3.63) is 12.2 Å². The summed E-state index contributed by atoms with van der Waals surface area (Å²) in [5, 5.41) is 20.2. The maximum Gasteiger partial charge on any atom is 0.423 e. The van der Waals surface area contributed by atoms with Crippen LogP contribution in [0.4, 0.5) is 22.0 Å². The summed E-state index contributed by atoms with van der Waals surface area (Å²) in [5.74, 6) is -5.34. The molecule has 2 N–H and O–H groups in total. The highest BCUT2D eigenvalue weighted by Gasteiger charge is 2.80. The van der Waals surface area contributed by atoms with Crippen molar-refractivity contribution in [2.75, 3.05) is 0 Å². The standard InChI is InChI=1S/C16H19F5O2/c1-13(22,16(19,20)21)15(17,18)14(23)6-9-5-10(14)12-8-3-2-7(4-8)11(9)12/h2-3,7-12,22-23H,4-6H2,1H3. The maximum atomic E-state index is 14.7. The van der Waals surface area contributed by atoms with Crippen molar-refractivity contribution in [3.63, 3.8) is 0 Å². The minimum Gasteiger partial charge on any atom is -0.383 e. The van der Waals surface area contributed by atoms with Crippen LogP contribution >= 0.6 is 0 Å². The Morgan fingerprint density at radius 1 is 1.00 bits per heavy atom. The van der Waals surface area contributed by atoms with E-state index in [4.69, 9.17) is 0 Å². The molecule has 3 saturated carbocycles.